The molecule has 0 bridgehead atoms. The van der Waals surface area contributed by atoms with Gasteiger partial charge in [-0.3, -0.25) is 4.40 Å². The third kappa shape index (κ3) is 2.54. The number of rotatable bonds is 4. The molecule has 0 aliphatic heterocycles. The molecule has 0 saturated heterocycles. The highest BCUT2D eigenvalue weighted by molar-refractivity contribution is 7.92. The molecule has 142 valence electrons. The molecule has 0 spiro atoms. The summed E-state index contributed by atoms with van der Waals surface area (Å²) in [5.74, 6) is 0.830. The highest BCUT2D eigenvalue weighted by atomic mass is 32.2. The Morgan fingerprint density at radius 1 is 1.07 bits per heavy atom. The fraction of sp³-hybridized carbons (Fsp3) is 0.211. The van der Waals surface area contributed by atoms with Crippen LogP contribution in [0.15, 0.2) is 53.4 Å². The van der Waals surface area contributed by atoms with Crippen molar-refractivity contribution >= 4 is 32.5 Å². The molecule has 2 aromatic carbocycles. The topological polar surface area (TPSA) is 80.5 Å². The zero-order chi connectivity index (χ0) is 19.5. The van der Waals surface area contributed by atoms with Crippen molar-refractivity contribution in [3.8, 4) is 0 Å². The van der Waals surface area contributed by atoms with Crippen LogP contribution in [0.1, 0.15) is 24.6 Å². The van der Waals surface area contributed by atoms with Gasteiger partial charge in [0, 0.05) is 13.0 Å². The summed E-state index contributed by atoms with van der Waals surface area (Å²) in [6.07, 6.45) is 2.08. The van der Waals surface area contributed by atoms with Gasteiger partial charge in [0.05, 0.1) is 15.9 Å². The smallest absolute Gasteiger partial charge is 0.265 e. The number of benzene rings is 2. The van der Waals surface area contributed by atoms with Gasteiger partial charge in [-0.15, -0.1) is 10.2 Å². The summed E-state index contributed by atoms with van der Waals surface area (Å²) in [5, 5.41) is 8.58. The van der Waals surface area contributed by atoms with Crippen molar-refractivity contribution < 1.29 is 12.8 Å². The van der Waals surface area contributed by atoms with Crippen LogP contribution in [0, 0.1) is 5.82 Å². The van der Waals surface area contributed by atoms with E-state index in [-0.39, 0.29) is 10.7 Å². The lowest BCUT2D eigenvalue weighted by Gasteiger charge is -2.19. The quantitative estimate of drug-likeness (QED) is 0.529. The second-order valence-electron chi connectivity index (χ2n) is 6.84. The van der Waals surface area contributed by atoms with Crippen LogP contribution in [0.3, 0.4) is 0 Å². The number of para-hydroxylation sites is 2. The van der Waals surface area contributed by atoms with Gasteiger partial charge in [0.15, 0.2) is 5.82 Å². The summed E-state index contributed by atoms with van der Waals surface area (Å²) in [6.45, 7) is 0. The zero-order valence-electron chi connectivity index (χ0n) is 14.9. The number of fused-ring (bicyclic) bond motifs is 3. The summed E-state index contributed by atoms with van der Waals surface area (Å²) >= 11 is 0. The van der Waals surface area contributed by atoms with Crippen molar-refractivity contribution in [1.82, 2.24) is 19.6 Å². The van der Waals surface area contributed by atoms with Crippen LogP contribution < -0.4 is 4.31 Å². The molecular formula is C19H16FN5O2S. The summed E-state index contributed by atoms with van der Waals surface area (Å²) < 4.78 is 42.4. The number of hydrogen-bond acceptors (Lipinski definition) is 5. The second-order valence-corrected chi connectivity index (χ2v) is 8.81. The van der Waals surface area contributed by atoms with Gasteiger partial charge in [0.2, 0.25) is 5.65 Å². The first-order valence-electron chi connectivity index (χ1n) is 8.85. The highest BCUT2D eigenvalue weighted by Gasteiger charge is 2.32. The molecule has 0 radical (unpaired) electrons. The minimum atomic E-state index is -3.94. The minimum Gasteiger partial charge on any atom is -0.274 e. The van der Waals surface area contributed by atoms with E-state index >= 15 is 0 Å². The van der Waals surface area contributed by atoms with Gasteiger partial charge in [-0.2, -0.15) is 0 Å². The SMILES string of the molecule is CN(c1nc2ccccc2n2c(C3CC3)nnc12)S(=O)(=O)c1ccc(F)cc1. The Labute approximate surface area is 160 Å². The lowest BCUT2D eigenvalue weighted by molar-refractivity contribution is 0.592. The van der Waals surface area contributed by atoms with Crippen molar-refractivity contribution in [2.24, 2.45) is 0 Å². The number of sulfonamides is 1. The maximum absolute atomic E-state index is 13.2. The van der Waals surface area contributed by atoms with E-state index in [9.17, 15) is 12.8 Å². The maximum atomic E-state index is 13.2. The summed E-state index contributed by atoms with van der Waals surface area (Å²) in [7, 11) is -2.52. The second kappa shape index (κ2) is 5.96. The molecule has 1 saturated carbocycles. The van der Waals surface area contributed by atoms with Gasteiger partial charge in [-0.05, 0) is 49.2 Å². The van der Waals surface area contributed by atoms with Gasteiger partial charge in [-0.1, -0.05) is 12.1 Å². The standard InChI is InChI=1S/C19H16FN5O2S/c1-24(28(26,27)14-10-8-13(20)9-11-14)18-19-23-22-17(12-6-7-12)25(19)16-5-3-2-4-15(16)21-18/h2-5,8-12H,6-7H2,1H3. The Balaban J connectivity index is 1.74. The lowest BCUT2D eigenvalue weighted by atomic mass is 10.3. The molecule has 9 heteroatoms. The predicted molar refractivity (Wildman–Crippen MR) is 102 cm³/mol. The van der Waals surface area contributed by atoms with E-state index in [1.807, 2.05) is 28.7 Å². The molecule has 5 rings (SSSR count). The lowest BCUT2D eigenvalue weighted by Crippen LogP contribution is -2.28. The fourth-order valence-electron chi connectivity index (χ4n) is 3.29. The fourth-order valence-corrected chi connectivity index (χ4v) is 4.43. The van der Waals surface area contributed by atoms with E-state index in [4.69, 9.17) is 0 Å². The van der Waals surface area contributed by atoms with Gasteiger partial charge < -0.3 is 0 Å². The molecular weight excluding hydrogens is 381 g/mol. The molecule has 28 heavy (non-hydrogen) atoms. The predicted octanol–water partition coefficient (Wildman–Crippen LogP) is 3.12. The molecule has 4 aromatic rings. The average molecular weight is 397 g/mol. The zero-order valence-corrected chi connectivity index (χ0v) is 15.8. The molecule has 0 amide bonds. The first-order valence-corrected chi connectivity index (χ1v) is 10.3. The highest BCUT2D eigenvalue weighted by Crippen LogP contribution is 2.40. The number of hydrogen-bond donors (Lipinski definition) is 0. The molecule has 2 aromatic heterocycles. The minimum absolute atomic E-state index is 0.0218. The van der Waals surface area contributed by atoms with E-state index in [2.05, 4.69) is 15.2 Å². The third-order valence-corrected chi connectivity index (χ3v) is 6.71. The van der Waals surface area contributed by atoms with Crippen molar-refractivity contribution in [3.63, 3.8) is 0 Å². The Kier molecular flexibility index (Phi) is 3.63. The number of aromatic nitrogens is 4. The molecule has 0 unspecified atom stereocenters. The summed E-state index contributed by atoms with van der Waals surface area (Å²) in [5.41, 5.74) is 1.86. The molecule has 0 atom stereocenters. The van der Waals surface area contributed by atoms with E-state index in [1.165, 1.54) is 19.2 Å². The van der Waals surface area contributed by atoms with Gasteiger partial charge in [0.1, 0.15) is 11.6 Å². The van der Waals surface area contributed by atoms with E-state index in [0.717, 1.165) is 40.6 Å². The van der Waals surface area contributed by atoms with Gasteiger partial charge in [0.25, 0.3) is 10.0 Å². The summed E-state index contributed by atoms with van der Waals surface area (Å²) in [6, 6.07) is 12.2. The summed E-state index contributed by atoms with van der Waals surface area (Å²) in [4.78, 5) is 4.53. The van der Waals surface area contributed by atoms with Crippen molar-refractivity contribution in [3.05, 3.63) is 60.2 Å². The van der Waals surface area contributed by atoms with Crippen molar-refractivity contribution in [2.75, 3.05) is 11.4 Å². The third-order valence-electron chi connectivity index (χ3n) is 4.95. The van der Waals surface area contributed by atoms with Crippen LogP contribution in [0.2, 0.25) is 0 Å². The average Bonchev–Trinajstić information content (AvgIpc) is 3.45. The van der Waals surface area contributed by atoms with Crippen molar-refractivity contribution in [2.45, 2.75) is 23.7 Å². The first kappa shape index (κ1) is 17.1. The van der Waals surface area contributed by atoms with Crippen LogP contribution in [0.25, 0.3) is 16.7 Å². The normalized spacial score (nSPS) is 14.6. The van der Waals surface area contributed by atoms with Crippen LogP contribution in [-0.2, 0) is 10.0 Å². The molecule has 0 N–H and O–H groups in total. The van der Waals surface area contributed by atoms with Gasteiger partial charge in [-0.25, -0.2) is 22.1 Å². The Morgan fingerprint density at radius 3 is 2.50 bits per heavy atom. The molecule has 1 aliphatic rings. The van der Waals surface area contributed by atoms with Crippen molar-refractivity contribution in [1.29, 1.82) is 0 Å². The number of anilines is 1. The molecule has 1 aliphatic carbocycles. The van der Waals surface area contributed by atoms with E-state index in [1.54, 1.807) is 0 Å². The Morgan fingerprint density at radius 2 is 1.79 bits per heavy atom. The molecule has 7 nitrogen and oxygen atoms in total. The van der Waals surface area contributed by atoms with Crippen LogP contribution >= 0.6 is 0 Å². The monoisotopic (exact) mass is 397 g/mol. The van der Waals surface area contributed by atoms with E-state index < -0.39 is 15.8 Å². The van der Waals surface area contributed by atoms with Crippen LogP contribution in [-0.4, -0.2) is 35.0 Å². The first-order chi connectivity index (χ1) is 13.5. The van der Waals surface area contributed by atoms with E-state index in [0.29, 0.717) is 17.1 Å². The van der Waals surface area contributed by atoms with Crippen LogP contribution in [0.4, 0.5) is 10.2 Å². The Hall–Kier alpha value is -3.07. The number of nitrogens with zero attached hydrogens (tertiary/aromatic N) is 5. The number of halogens is 1. The maximum Gasteiger partial charge on any atom is 0.265 e. The molecule has 1 fully saturated rings. The Bertz CT molecular complexity index is 1310. The van der Waals surface area contributed by atoms with Crippen LogP contribution in [0.5, 0.6) is 0 Å². The molecule has 2 heterocycles. The largest absolute Gasteiger partial charge is 0.274 e. The van der Waals surface area contributed by atoms with Gasteiger partial charge >= 0.3 is 0 Å².